The molecule has 16 heavy (non-hydrogen) atoms. The highest BCUT2D eigenvalue weighted by Gasteiger charge is 2.03. The van der Waals surface area contributed by atoms with E-state index in [2.05, 4.69) is 32.6 Å². The van der Waals surface area contributed by atoms with Crippen LogP contribution in [0.2, 0.25) is 0 Å². The largest absolute Gasteiger partial charge is 0.492 e. The number of rotatable bonds is 4. The Morgan fingerprint density at radius 1 is 1.38 bits per heavy atom. The van der Waals surface area contributed by atoms with E-state index in [1.807, 2.05) is 13.0 Å². The first kappa shape index (κ1) is 12.9. The molecule has 0 heterocycles. The maximum Gasteiger partial charge on any atom is 0.113 e. The molecule has 0 radical (unpaired) electrons. The van der Waals surface area contributed by atoms with Gasteiger partial charge >= 0.3 is 0 Å². The van der Waals surface area contributed by atoms with Crippen molar-refractivity contribution in [3.63, 3.8) is 0 Å². The van der Waals surface area contributed by atoms with Gasteiger partial charge in [-0.25, -0.2) is 0 Å². The Bertz CT molecular complexity index is 398. The van der Waals surface area contributed by atoms with Crippen LogP contribution in [0.1, 0.15) is 23.6 Å². The third-order valence-electron chi connectivity index (χ3n) is 2.59. The number of halogens is 1. The van der Waals surface area contributed by atoms with Crippen LogP contribution in [0.5, 0.6) is 0 Å². The quantitative estimate of drug-likeness (QED) is 0.553. The molecule has 0 bridgehead atoms. The summed E-state index contributed by atoms with van der Waals surface area (Å²) in [5, 5.41) is 0.561. The minimum absolute atomic E-state index is 0.550. The molecule has 0 amide bonds. The van der Waals surface area contributed by atoms with E-state index in [1.165, 1.54) is 16.7 Å². The molecule has 1 nitrogen and oxygen atoms in total. The Morgan fingerprint density at radius 2 is 1.94 bits per heavy atom. The standard InChI is InChI=1S/C14H17ClO/c1-5-14(15)12(4)16-9-13-10(2)7-6-8-11(13)3/h5-8H,1,9H2,2-4H3. The predicted octanol–water partition coefficient (Wildman–Crippen LogP) is 4.48. The molecule has 0 aromatic heterocycles. The van der Waals surface area contributed by atoms with Crippen molar-refractivity contribution < 1.29 is 4.74 Å². The van der Waals surface area contributed by atoms with E-state index in [-0.39, 0.29) is 0 Å². The van der Waals surface area contributed by atoms with Gasteiger partial charge in [0.1, 0.15) is 12.4 Å². The first-order valence-corrected chi connectivity index (χ1v) is 5.60. The van der Waals surface area contributed by atoms with Crippen LogP contribution in [0, 0.1) is 13.8 Å². The van der Waals surface area contributed by atoms with Crippen molar-refractivity contribution in [2.75, 3.05) is 0 Å². The molecule has 1 aromatic rings. The maximum absolute atomic E-state index is 5.90. The van der Waals surface area contributed by atoms with Gasteiger partial charge in [0.05, 0.1) is 5.03 Å². The SMILES string of the molecule is C=CC(Cl)=C(C)OCc1c(C)cccc1C. The smallest absolute Gasteiger partial charge is 0.113 e. The normalized spacial score (nSPS) is 12.0. The highest BCUT2D eigenvalue weighted by atomic mass is 35.5. The van der Waals surface area contributed by atoms with Gasteiger partial charge in [-0.2, -0.15) is 0 Å². The molecule has 0 aliphatic rings. The zero-order valence-electron chi connectivity index (χ0n) is 10.0. The molecule has 0 saturated carbocycles. The second-order valence-electron chi connectivity index (χ2n) is 3.77. The van der Waals surface area contributed by atoms with Crippen molar-refractivity contribution in [1.82, 2.24) is 0 Å². The van der Waals surface area contributed by atoms with Gasteiger partial charge in [0.25, 0.3) is 0 Å². The van der Waals surface area contributed by atoms with Crippen LogP contribution in [-0.2, 0) is 11.3 Å². The highest BCUT2D eigenvalue weighted by molar-refractivity contribution is 6.31. The Labute approximate surface area is 102 Å². The van der Waals surface area contributed by atoms with E-state index >= 15 is 0 Å². The van der Waals surface area contributed by atoms with Gasteiger partial charge in [-0.3, -0.25) is 0 Å². The van der Waals surface area contributed by atoms with Crippen LogP contribution in [0.25, 0.3) is 0 Å². The fraction of sp³-hybridized carbons (Fsp3) is 0.286. The molecular weight excluding hydrogens is 220 g/mol. The van der Waals surface area contributed by atoms with Gasteiger partial charge in [-0.15, -0.1) is 0 Å². The van der Waals surface area contributed by atoms with Crippen LogP contribution in [0.3, 0.4) is 0 Å². The lowest BCUT2D eigenvalue weighted by molar-refractivity contribution is 0.199. The number of aryl methyl sites for hydroxylation is 2. The van der Waals surface area contributed by atoms with E-state index in [9.17, 15) is 0 Å². The molecule has 86 valence electrons. The molecule has 0 atom stereocenters. The van der Waals surface area contributed by atoms with E-state index < -0.39 is 0 Å². The Kier molecular flexibility index (Phi) is 4.63. The fourth-order valence-corrected chi connectivity index (χ4v) is 1.52. The van der Waals surface area contributed by atoms with Crippen molar-refractivity contribution in [3.8, 4) is 0 Å². The third-order valence-corrected chi connectivity index (χ3v) is 3.01. The zero-order valence-corrected chi connectivity index (χ0v) is 10.8. The Balaban J connectivity index is 2.79. The highest BCUT2D eigenvalue weighted by Crippen LogP contribution is 2.18. The van der Waals surface area contributed by atoms with Gasteiger partial charge in [-0.05, 0) is 43.5 Å². The van der Waals surface area contributed by atoms with Gasteiger partial charge < -0.3 is 4.74 Å². The van der Waals surface area contributed by atoms with Gasteiger partial charge in [-0.1, -0.05) is 36.4 Å². The lowest BCUT2D eigenvalue weighted by Crippen LogP contribution is -1.97. The average molecular weight is 237 g/mol. The number of benzene rings is 1. The summed E-state index contributed by atoms with van der Waals surface area (Å²) in [7, 11) is 0. The minimum Gasteiger partial charge on any atom is -0.492 e. The molecule has 0 N–H and O–H groups in total. The molecule has 1 aromatic carbocycles. The van der Waals surface area contributed by atoms with Crippen LogP contribution < -0.4 is 0 Å². The molecular formula is C14H17ClO. The Morgan fingerprint density at radius 3 is 2.44 bits per heavy atom. The summed E-state index contributed by atoms with van der Waals surface area (Å²) in [6.07, 6.45) is 1.58. The summed E-state index contributed by atoms with van der Waals surface area (Å²) in [6.45, 7) is 10.2. The minimum atomic E-state index is 0.550. The van der Waals surface area contributed by atoms with Crippen molar-refractivity contribution >= 4 is 11.6 Å². The number of allylic oxidation sites excluding steroid dienone is 3. The summed E-state index contributed by atoms with van der Waals surface area (Å²) < 4.78 is 5.62. The average Bonchev–Trinajstić information content (AvgIpc) is 2.27. The lowest BCUT2D eigenvalue weighted by Gasteiger charge is -2.12. The van der Waals surface area contributed by atoms with E-state index in [4.69, 9.17) is 16.3 Å². The van der Waals surface area contributed by atoms with Crippen molar-refractivity contribution in [1.29, 1.82) is 0 Å². The van der Waals surface area contributed by atoms with E-state index in [0.29, 0.717) is 17.4 Å². The van der Waals surface area contributed by atoms with Crippen LogP contribution >= 0.6 is 11.6 Å². The monoisotopic (exact) mass is 236 g/mol. The van der Waals surface area contributed by atoms with Crippen LogP contribution in [0.4, 0.5) is 0 Å². The number of hydrogen-bond acceptors (Lipinski definition) is 1. The molecule has 0 aliphatic heterocycles. The van der Waals surface area contributed by atoms with Crippen LogP contribution in [0.15, 0.2) is 41.6 Å². The molecule has 0 aliphatic carbocycles. The Hall–Kier alpha value is -1.21. The van der Waals surface area contributed by atoms with Crippen molar-refractivity contribution in [2.24, 2.45) is 0 Å². The molecule has 0 spiro atoms. The summed E-state index contributed by atoms with van der Waals surface area (Å²) in [5.41, 5.74) is 3.69. The first-order chi connectivity index (χ1) is 7.56. The van der Waals surface area contributed by atoms with Crippen molar-refractivity contribution in [2.45, 2.75) is 27.4 Å². The molecule has 0 fully saturated rings. The van der Waals surface area contributed by atoms with Gasteiger partial charge in [0, 0.05) is 0 Å². The zero-order chi connectivity index (χ0) is 12.1. The van der Waals surface area contributed by atoms with Gasteiger partial charge in [0.15, 0.2) is 0 Å². The summed E-state index contributed by atoms with van der Waals surface area (Å²) in [5.74, 6) is 0.708. The number of ether oxygens (including phenoxy) is 1. The predicted molar refractivity (Wildman–Crippen MR) is 69.5 cm³/mol. The lowest BCUT2D eigenvalue weighted by atomic mass is 10.0. The van der Waals surface area contributed by atoms with E-state index in [0.717, 1.165) is 0 Å². The molecule has 0 saturated heterocycles. The fourth-order valence-electron chi connectivity index (χ4n) is 1.47. The van der Waals surface area contributed by atoms with Gasteiger partial charge in [0.2, 0.25) is 0 Å². The second kappa shape index (κ2) is 5.76. The second-order valence-corrected chi connectivity index (χ2v) is 4.17. The topological polar surface area (TPSA) is 9.23 Å². The van der Waals surface area contributed by atoms with E-state index in [1.54, 1.807) is 6.08 Å². The maximum atomic E-state index is 5.90. The summed E-state index contributed by atoms with van der Waals surface area (Å²) >= 11 is 5.90. The number of hydrogen-bond donors (Lipinski definition) is 0. The molecule has 2 heteroatoms. The summed E-state index contributed by atoms with van der Waals surface area (Å²) in [4.78, 5) is 0. The molecule has 0 unspecified atom stereocenters. The van der Waals surface area contributed by atoms with Crippen molar-refractivity contribution in [3.05, 3.63) is 58.3 Å². The third kappa shape index (κ3) is 3.14. The van der Waals surface area contributed by atoms with Crippen LogP contribution in [-0.4, -0.2) is 0 Å². The first-order valence-electron chi connectivity index (χ1n) is 5.23. The molecule has 1 rings (SSSR count). The summed E-state index contributed by atoms with van der Waals surface area (Å²) in [6, 6.07) is 6.22.